The second kappa shape index (κ2) is 7.65. The summed E-state index contributed by atoms with van der Waals surface area (Å²) in [5.74, 6) is -1.14. The van der Waals surface area contributed by atoms with Crippen LogP contribution in [0.4, 0.5) is 4.79 Å². The predicted octanol–water partition coefficient (Wildman–Crippen LogP) is 2.39. The number of nitrogens with one attached hydrogen (secondary N) is 1. The van der Waals surface area contributed by atoms with Gasteiger partial charge >= 0.3 is 12.0 Å². The van der Waals surface area contributed by atoms with Crippen LogP contribution in [0.3, 0.4) is 0 Å². The largest absolute Gasteiger partial charge is 0.451 e. The number of carbonyl (C=O) groups is 3. The summed E-state index contributed by atoms with van der Waals surface area (Å²) < 4.78 is 5.08. The molecule has 0 bridgehead atoms. The highest BCUT2D eigenvalue weighted by atomic mass is 32.1. The number of aryl methyl sites for hydroxylation is 2. The number of imide groups is 1. The molecule has 0 unspecified atom stereocenters. The van der Waals surface area contributed by atoms with Gasteiger partial charge in [-0.25, -0.2) is 14.6 Å². The number of rotatable bonds is 5. The van der Waals surface area contributed by atoms with Crippen molar-refractivity contribution in [1.29, 1.82) is 0 Å². The monoisotopic (exact) mass is 373 g/mol. The van der Waals surface area contributed by atoms with Gasteiger partial charge in [-0.1, -0.05) is 31.2 Å². The number of ether oxygens (including phenoxy) is 1. The number of amides is 3. The van der Waals surface area contributed by atoms with Gasteiger partial charge < -0.3 is 10.1 Å². The lowest BCUT2D eigenvalue weighted by Crippen LogP contribution is -2.37. The van der Waals surface area contributed by atoms with Crippen molar-refractivity contribution in [3.8, 4) is 10.6 Å². The molecule has 1 N–H and O–H groups in total. The van der Waals surface area contributed by atoms with Crippen molar-refractivity contribution in [2.45, 2.75) is 20.3 Å². The summed E-state index contributed by atoms with van der Waals surface area (Å²) >= 11 is 1.23. The lowest BCUT2D eigenvalue weighted by molar-refractivity contribution is -0.130. The van der Waals surface area contributed by atoms with Crippen LogP contribution in [0.2, 0.25) is 0 Å². The lowest BCUT2D eigenvalue weighted by atomic mass is 10.1. The van der Waals surface area contributed by atoms with Crippen LogP contribution in [-0.4, -0.2) is 47.5 Å². The predicted molar refractivity (Wildman–Crippen MR) is 97.1 cm³/mol. The minimum atomic E-state index is -0.607. The molecule has 1 aliphatic heterocycles. The van der Waals surface area contributed by atoms with Gasteiger partial charge in [0.15, 0.2) is 6.61 Å². The molecule has 1 aromatic heterocycles. The van der Waals surface area contributed by atoms with Crippen LogP contribution in [0.15, 0.2) is 24.3 Å². The third kappa shape index (κ3) is 3.75. The first kappa shape index (κ1) is 18.1. The van der Waals surface area contributed by atoms with E-state index in [0.29, 0.717) is 17.1 Å². The highest BCUT2D eigenvalue weighted by Gasteiger charge is 2.27. The number of esters is 1. The zero-order valence-corrected chi connectivity index (χ0v) is 15.4. The smallest absolute Gasteiger partial charge is 0.350 e. The molecule has 1 fully saturated rings. The standard InChI is InChI=1S/C18H19N3O4S/c1-3-12-4-6-13(7-5-12)16-20-11(2)15(26-16)17(23)25-10-14(22)21-9-8-19-18(21)24/h4-7H,3,8-10H2,1-2H3,(H,19,24). The number of hydrogen-bond acceptors (Lipinski definition) is 6. The van der Waals surface area contributed by atoms with E-state index in [-0.39, 0.29) is 6.54 Å². The molecule has 0 spiro atoms. The molecule has 0 aliphatic carbocycles. The molecule has 2 aromatic rings. The average Bonchev–Trinajstić information content (AvgIpc) is 3.25. The van der Waals surface area contributed by atoms with Gasteiger partial charge in [0, 0.05) is 18.7 Å². The first-order valence-electron chi connectivity index (χ1n) is 8.31. The first-order chi connectivity index (χ1) is 12.5. The van der Waals surface area contributed by atoms with Crippen LogP contribution < -0.4 is 5.32 Å². The van der Waals surface area contributed by atoms with Crippen molar-refractivity contribution in [3.05, 3.63) is 40.4 Å². The molecule has 0 atom stereocenters. The van der Waals surface area contributed by atoms with Gasteiger partial charge in [0.25, 0.3) is 5.91 Å². The molecular formula is C18H19N3O4S. The summed E-state index contributed by atoms with van der Waals surface area (Å²) in [6.07, 6.45) is 0.956. The molecule has 1 aromatic carbocycles. The summed E-state index contributed by atoms with van der Waals surface area (Å²) in [6, 6.07) is 7.55. The number of nitrogens with zero attached hydrogens (tertiary/aromatic N) is 2. The van der Waals surface area contributed by atoms with Crippen molar-refractivity contribution >= 4 is 29.2 Å². The second-order valence-electron chi connectivity index (χ2n) is 5.84. The Morgan fingerprint density at radius 2 is 2.04 bits per heavy atom. The molecule has 0 saturated carbocycles. The van der Waals surface area contributed by atoms with E-state index in [2.05, 4.69) is 17.2 Å². The van der Waals surface area contributed by atoms with Gasteiger partial charge in [-0.2, -0.15) is 0 Å². The van der Waals surface area contributed by atoms with E-state index in [4.69, 9.17) is 4.74 Å². The zero-order valence-electron chi connectivity index (χ0n) is 14.6. The van der Waals surface area contributed by atoms with E-state index < -0.39 is 24.5 Å². The molecule has 136 valence electrons. The van der Waals surface area contributed by atoms with Gasteiger partial charge in [0.05, 0.1) is 5.69 Å². The number of hydrogen-bond donors (Lipinski definition) is 1. The molecule has 7 nitrogen and oxygen atoms in total. The molecule has 3 rings (SSSR count). The Morgan fingerprint density at radius 1 is 1.31 bits per heavy atom. The number of aromatic nitrogens is 1. The van der Waals surface area contributed by atoms with Gasteiger partial charge in [-0.05, 0) is 18.9 Å². The summed E-state index contributed by atoms with van der Waals surface area (Å²) in [6.45, 7) is 4.04. The van der Waals surface area contributed by atoms with Gasteiger partial charge in [-0.3, -0.25) is 9.69 Å². The van der Waals surface area contributed by atoms with Crippen LogP contribution in [0, 0.1) is 6.92 Å². The Kier molecular flexibility index (Phi) is 5.32. The van der Waals surface area contributed by atoms with E-state index in [9.17, 15) is 14.4 Å². The van der Waals surface area contributed by atoms with Crippen LogP contribution in [0.25, 0.3) is 10.6 Å². The zero-order chi connectivity index (χ0) is 18.7. The number of urea groups is 1. The normalized spacial score (nSPS) is 13.6. The van der Waals surface area contributed by atoms with Crippen LogP contribution in [0.5, 0.6) is 0 Å². The average molecular weight is 373 g/mol. The van der Waals surface area contributed by atoms with Crippen molar-refractivity contribution < 1.29 is 19.1 Å². The van der Waals surface area contributed by atoms with Crippen molar-refractivity contribution in [2.75, 3.05) is 19.7 Å². The summed E-state index contributed by atoms with van der Waals surface area (Å²) in [7, 11) is 0. The molecule has 3 amide bonds. The third-order valence-electron chi connectivity index (χ3n) is 4.08. The highest BCUT2D eigenvalue weighted by Crippen LogP contribution is 2.28. The van der Waals surface area contributed by atoms with Crippen LogP contribution >= 0.6 is 11.3 Å². The number of carbonyl (C=O) groups excluding carboxylic acids is 3. The SMILES string of the molecule is CCc1ccc(-c2nc(C)c(C(=O)OCC(=O)N3CCNC3=O)s2)cc1. The molecule has 0 radical (unpaired) electrons. The lowest BCUT2D eigenvalue weighted by Gasteiger charge is -2.11. The maximum atomic E-state index is 12.3. The quantitative estimate of drug-likeness (QED) is 0.813. The summed E-state index contributed by atoms with van der Waals surface area (Å²) in [4.78, 5) is 41.5. The number of thiazole rings is 1. The Labute approximate surface area is 155 Å². The molecule has 1 saturated heterocycles. The summed E-state index contributed by atoms with van der Waals surface area (Å²) in [5.41, 5.74) is 2.71. The Balaban J connectivity index is 1.67. The van der Waals surface area contributed by atoms with Crippen LogP contribution in [0.1, 0.15) is 27.9 Å². The topological polar surface area (TPSA) is 88.6 Å². The van der Waals surface area contributed by atoms with Crippen molar-refractivity contribution in [1.82, 2.24) is 15.2 Å². The number of benzene rings is 1. The molecule has 2 heterocycles. The van der Waals surface area contributed by atoms with E-state index in [1.54, 1.807) is 6.92 Å². The molecule has 8 heteroatoms. The Bertz CT molecular complexity index is 845. The Hall–Kier alpha value is -2.74. The Morgan fingerprint density at radius 3 is 2.65 bits per heavy atom. The van der Waals surface area contributed by atoms with E-state index in [0.717, 1.165) is 21.9 Å². The van der Waals surface area contributed by atoms with E-state index >= 15 is 0 Å². The van der Waals surface area contributed by atoms with Crippen molar-refractivity contribution in [3.63, 3.8) is 0 Å². The fourth-order valence-corrected chi connectivity index (χ4v) is 3.54. The van der Waals surface area contributed by atoms with Gasteiger partial charge in [0.2, 0.25) is 0 Å². The second-order valence-corrected chi connectivity index (χ2v) is 6.84. The van der Waals surface area contributed by atoms with Crippen molar-refractivity contribution in [2.24, 2.45) is 0 Å². The maximum absolute atomic E-state index is 12.3. The summed E-state index contributed by atoms with van der Waals surface area (Å²) in [5, 5.41) is 3.25. The fourth-order valence-electron chi connectivity index (χ4n) is 2.57. The first-order valence-corrected chi connectivity index (χ1v) is 9.13. The minimum Gasteiger partial charge on any atom is -0.451 e. The fraction of sp³-hybridized carbons (Fsp3) is 0.333. The molecule has 1 aliphatic rings. The maximum Gasteiger partial charge on any atom is 0.350 e. The molecule has 26 heavy (non-hydrogen) atoms. The third-order valence-corrected chi connectivity index (χ3v) is 5.26. The van der Waals surface area contributed by atoms with Gasteiger partial charge in [0.1, 0.15) is 9.88 Å². The minimum absolute atomic E-state index is 0.284. The highest BCUT2D eigenvalue weighted by molar-refractivity contribution is 7.17. The van der Waals surface area contributed by atoms with E-state index in [1.165, 1.54) is 16.9 Å². The van der Waals surface area contributed by atoms with Crippen LogP contribution in [-0.2, 0) is 16.0 Å². The van der Waals surface area contributed by atoms with Gasteiger partial charge in [-0.15, -0.1) is 11.3 Å². The van der Waals surface area contributed by atoms with E-state index in [1.807, 2.05) is 24.3 Å². The molecular weight excluding hydrogens is 354 g/mol.